The van der Waals surface area contributed by atoms with Gasteiger partial charge in [-0.2, -0.15) is 0 Å². The Morgan fingerprint density at radius 2 is 2.30 bits per heavy atom. The number of rotatable bonds is 4. The molecule has 1 aliphatic rings. The molecular formula is C14H18ClNO3S. The Kier molecular flexibility index (Phi) is 5.05. The van der Waals surface area contributed by atoms with E-state index in [1.165, 1.54) is 16.2 Å². The van der Waals surface area contributed by atoms with Crippen molar-refractivity contribution < 1.29 is 14.7 Å². The lowest BCUT2D eigenvalue weighted by Crippen LogP contribution is -2.49. The third-order valence-corrected chi connectivity index (χ3v) is 5.02. The maximum absolute atomic E-state index is 12.2. The van der Waals surface area contributed by atoms with Gasteiger partial charge in [-0.15, -0.1) is 11.3 Å². The molecule has 1 aromatic heterocycles. The molecule has 4 nitrogen and oxygen atoms in total. The van der Waals surface area contributed by atoms with Gasteiger partial charge in [0.1, 0.15) is 6.04 Å². The van der Waals surface area contributed by atoms with Gasteiger partial charge in [-0.3, -0.25) is 4.79 Å². The van der Waals surface area contributed by atoms with Crippen molar-refractivity contribution in [2.45, 2.75) is 38.6 Å². The molecule has 0 bridgehead atoms. The number of aliphatic carboxylic acids is 1. The smallest absolute Gasteiger partial charge is 0.326 e. The second-order valence-corrected chi connectivity index (χ2v) is 6.73. The summed E-state index contributed by atoms with van der Waals surface area (Å²) in [4.78, 5) is 26.1. The summed E-state index contributed by atoms with van der Waals surface area (Å²) in [5.74, 6) is -0.617. The van der Waals surface area contributed by atoms with Crippen molar-refractivity contribution in [3.05, 3.63) is 21.3 Å². The van der Waals surface area contributed by atoms with Crippen molar-refractivity contribution in [1.29, 1.82) is 0 Å². The standard InChI is InChI=1S/C14H18ClNO3S/c1-9-4-5-16(12(6-9)14(18)19)13(17)3-2-11-7-10(15)8-20-11/h7-9,12H,2-6H2,1H3,(H,18,19). The molecule has 2 rings (SSSR count). The second-order valence-electron chi connectivity index (χ2n) is 5.30. The number of hydrogen-bond acceptors (Lipinski definition) is 3. The van der Waals surface area contributed by atoms with E-state index in [4.69, 9.17) is 11.6 Å². The summed E-state index contributed by atoms with van der Waals surface area (Å²) in [5.41, 5.74) is 0. The quantitative estimate of drug-likeness (QED) is 0.929. The number of aryl methyl sites for hydroxylation is 1. The predicted octanol–water partition coefficient (Wildman–Crippen LogP) is 3.05. The summed E-state index contributed by atoms with van der Waals surface area (Å²) in [6, 6.07) is 1.19. The van der Waals surface area contributed by atoms with Crippen LogP contribution in [0.1, 0.15) is 31.1 Å². The van der Waals surface area contributed by atoms with Gasteiger partial charge in [0.2, 0.25) is 5.91 Å². The van der Waals surface area contributed by atoms with Gasteiger partial charge in [-0.1, -0.05) is 18.5 Å². The number of hydrogen-bond donors (Lipinski definition) is 1. The summed E-state index contributed by atoms with van der Waals surface area (Å²) in [7, 11) is 0. The van der Waals surface area contributed by atoms with E-state index >= 15 is 0 Å². The highest BCUT2D eigenvalue weighted by molar-refractivity contribution is 7.10. The number of piperidine rings is 1. The number of carbonyl (C=O) groups excluding carboxylic acids is 1. The molecule has 0 aromatic carbocycles. The zero-order valence-electron chi connectivity index (χ0n) is 11.3. The van der Waals surface area contributed by atoms with Crippen LogP contribution < -0.4 is 0 Å². The third-order valence-electron chi connectivity index (χ3n) is 3.68. The van der Waals surface area contributed by atoms with Crippen LogP contribution in [0.25, 0.3) is 0 Å². The van der Waals surface area contributed by atoms with E-state index in [-0.39, 0.29) is 5.91 Å². The van der Waals surface area contributed by atoms with Crippen LogP contribution in [0.4, 0.5) is 0 Å². The first-order valence-electron chi connectivity index (χ1n) is 6.72. The number of nitrogens with zero attached hydrogens (tertiary/aromatic N) is 1. The fourth-order valence-corrected chi connectivity index (χ4v) is 3.61. The first kappa shape index (κ1) is 15.3. The Labute approximate surface area is 127 Å². The first-order valence-corrected chi connectivity index (χ1v) is 7.98. The minimum Gasteiger partial charge on any atom is -0.480 e. The second kappa shape index (κ2) is 6.59. The molecule has 0 saturated carbocycles. The van der Waals surface area contributed by atoms with Gasteiger partial charge in [-0.25, -0.2) is 4.79 Å². The summed E-state index contributed by atoms with van der Waals surface area (Å²) in [5, 5.41) is 11.8. The van der Waals surface area contributed by atoms with Gasteiger partial charge < -0.3 is 10.0 Å². The van der Waals surface area contributed by atoms with Crippen LogP contribution in [0, 0.1) is 5.92 Å². The Balaban J connectivity index is 1.94. The Morgan fingerprint density at radius 1 is 1.55 bits per heavy atom. The SMILES string of the molecule is CC1CCN(C(=O)CCc2cc(Cl)cs2)C(C(=O)O)C1. The van der Waals surface area contributed by atoms with Crippen molar-refractivity contribution in [3.8, 4) is 0 Å². The Hall–Kier alpha value is -1.07. The first-order chi connectivity index (χ1) is 9.47. The van der Waals surface area contributed by atoms with Crippen molar-refractivity contribution in [2.75, 3.05) is 6.54 Å². The largest absolute Gasteiger partial charge is 0.480 e. The molecule has 1 aliphatic heterocycles. The number of carbonyl (C=O) groups is 2. The van der Waals surface area contributed by atoms with Crippen molar-refractivity contribution >= 4 is 34.8 Å². The van der Waals surface area contributed by atoms with Crippen LogP contribution in [0.3, 0.4) is 0 Å². The molecular weight excluding hydrogens is 298 g/mol. The van der Waals surface area contributed by atoms with Gasteiger partial charge in [0.15, 0.2) is 0 Å². The summed E-state index contributed by atoms with van der Waals surface area (Å²) in [6.45, 7) is 2.58. The highest BCUT2D eigenvalue weighted by Crippen LogP contribution is 2.25. The molecule has 6 heteroatoms. The minimum absolute atomic E-state index is 0.0752. The van der Waals surface area contributed by atoms with E-state index in [2.05, 4.69) is 0 Å². The normalized spacial score (nSPS) is 22.8. The van der Waals surface area contributed by atoms with Crippen molar-refractivity contribution in [1.82, 2.24) is 4.90 Å². The maximum Gasteiger partial charge on any atom is 0.326 e. The van der Waals surface area contributed by atoms with E-state index in [0.29, 0.717) is 36.7 Å². The van der Waals surface area contributed by atoms with E-state index in [1.807, 2.05) is 18.4 Å². The van der Waals surface area contributed by atoms with Gasteiger partial charge in [0, 0.05) is 23.2 Å². The molecule has 1 saturated heterocycles. The van der Waals surface area contributed by atoms with Crippen LogP contribution in [-0.4, -0.2) is 34.5 Å². The molecule has 1 aromatic rings. The van der Waals surface area contributed by atoms with Gasteiger partial charge in [-0.05, 0) is 31.2 Å². The van der Waals surface area contributed by atoms with Crippen LogP contribution in [0.5, 0.6) is 0 Å². The molecule has 0 aliphatic carbocycles. The van der Waals surface area contributed by atoms with Gasteiger partial charge >= 0.3 is 5.97 Å². The summed E-state index contributed by atoms with van der Waals surface area (Å²) in [6.07, 6.45) is 2.38. The monoisotopic (exact) mass is 315 g/mol. The zero-order chi connectivity index (χ0) is 14.7. The summed E-state index contributed by atoms with van der Waals surface area (Å²) < 4.78 is 0. The maximum atomic E-state index is 12.2. The average molecular weight is 316 g/mol. The number of halogens is 1. The number of amides is 1. The van der Waals surface area contributed by atoms with Crippen LogP contribution in [0.2, 0.25) is 5.02 Å². The lowest BCUT2D eigenvalue weighted by molar-refractivity contribution is -0.153. The number of carboxylic acid groups (broad SMARTS) is 1. The molecule has 2 atom stereocenters. The van der Waals surface area contributed by atoms with Crippen molar-refractivity contribution in [3.63, 3.8) is 0 Å². The van der Waals surface area contributed by atoms with E-state index in [0.717, 1.165) is 11.3 Å². The highest BCUT2D eigenvalue weighted by Gasteiger charge is 2.34. The molecule has 0 radical (unpaired) electrons. The van der Waals surface area contributed by atoms with Gasteiger partial charge in [0.05, 0.1) is 5.02 Å². The van der Waals surface area contributed by atoms with Crippen LogP contribution >= 0.6 is 22.9 Å². The lowest BCUT2D eigenvalue weighted by atomic mass is 9.92. The summed E-state index contributed by atoms with van der Waals surface area (Å²) >= 11 is 7.37. The lowest BCUT2D eigenvalue weighted by Gasteiger charge is -2.36. The zero-order valence-corrected chi connectivity index (χ0v) is 12.9. The minimum atomic E-state index is -0.899. The molecule has 110 valence electrons. The molecule has 0 spiro atoms. The fraction of sp³-hybridized carbons (Fsp3) is 0.571. The fourth-order valence-electron chi connectivity index (χ4n) is 2.53. The van der Waals surface area contributed by atoms with Crippen LogP contribution in [0.15, 0.2) is 11.4 Å². The molecule has 1 amide bonds. The Morgan fingerprint density at radius 3 is 2.90 bits per heavy atom. The van der Waals surface area contributed by atoms with E-state index in [9.17, 15) is 14.7 Å². The molecule has 2 unspecified atom stereocenters. The predicted molar refractivity (Wildman–Crippen MR) is 79.2 cm³/mol. The molecule has 1 fully saturated rings. The number of carboxylic acids is 1. The number of likely N-dealkylation sites (tertiary alicyclic amines) is 1. The molecule has 1 N–H and O–H groups in total. The topological polar surface area (TPSA) is 57.6 Å². The van der Waals surface area contributed by atoms with Crippen molar-refractivity contribution in [2.24, 2.45) is 5.92 Å². The molecule has 20 heavy (non-hydrogen) atoms. The van der Waals surface area contributed by atoms with E-state index in [1.54, 1.807) is 0 Å². The average Bonchev–Trinajstić information content (AvgIpc) is 2.81. The molecule has 2 heterocycles. The van der Waals surface area contributed by atoms with Gasteiger partial charge in [0.25, 0.3) is 0 Å². The third kappa shape index (κ3) is 3.73. The van der Waals surface area contributed by atoms with Crippen LogP contribution in [-0.2, 0) is 16.0 Å². The Bertz CT molecular complexity index is 502. The number of thiophene rings is 1. The highest BCUT2D eigenvalue weighted by atomic mass is 35.5. The van der Waals surface area contributed by atoms with E-state index < -0.39 is 12.0 Å².